The first-order valence-electron chi connectivity index (χ1n) is 5.53. The molecule has 4 heteroatoms. The lowest BCUT2D eigenvalue weighted by atomic mass is 9.92. The van der Waals surface area contributed by atoms with Gasteiger partial charge in [-0.25, -0.2) is 0 Å². The van der Waals surface area contributed by atoms with Crippen LogP contribution in [0.1, 0.15) is 26.7 Å². The Morgan fingerprint density at radius 1 is 1.24 bits per heavy atom. The van der Waals surface area contributed by atoms with Crippen molar-refractivity contribution in [2.45, 2.75) is 27.2 Å². The highest BCUT2D eigenvalue weighted by molar-refractivity contribution is 6.33. The van der Waals surface area contributed by atoms with E-state index in [2.05, 4.69) is 30.9 Å². The number of nitrogens with zero attached hydrogens (tertiary/aromatic N) is 2. The molecule has 0 bridgehead atoms. The molecule has 0 radical (unpaired) electrons. The molecule has 1 heterocycles. The first-order valence-corrected chi connectivity index (χ1v) is 5.91. The normalized spacial score (nSPS) is 11.8. The maximum absolute atomic E-state index is 6.08. The molecular weight excluding hydrogens is 236 g/mol. The number of hydrogen-bond acceptors (Lipinski definition) is 3. The highest BCUT2D eigenvalue weighted by atomic mass is 35.5. The summed E-state index contributed by atoms with van der Waals surface area (Å²) >= 11 is 6.08. The van der Waals surface area contributed by atoms with Gasteiger partial charge in [0.25, 0.3) is 0 Å². The van der Waals surface area contributed by atoms with Crippen LogP contribution in [-0.4, -0.2) is 10.1 Å². The molecule has 0 N–H and O–H groups in total. The van der Waals surface area contributed by atoms with Crippen LogP contribution < -0.4 is 0 Å². The molecule has 3 nitrogen and oxygen atoms in total. The summed E-state index contributed by atoms with van der Waals surface area (Å²) in [6, 6.07) is 7.48. The third-order valence-electron chi connectivity index (χ3n) is 2.26. The van der Waals surface area contributed by atoms with E-state index < -0.39 is 0 Å². The van der Waals surface area contributed by atoms with Crippen molar-refractivity contribution in [3.8, 4) is 11.4 Å². The molecule has 0 aliphatic rings. The molecule has 90 valence electrons. The molecule has 1 aromatic carbocycles. The zero-order valence-electron chi connectivity index (χ0n) is 10.2. The van der Waals surface area contributed by atoms with Gasteiger partial charge < -0.3 is 4.52 Å². The Balaban J connectivity index is 2.28. The number of benzene rings is 1. The maximum atomic E-state index is 6.08. The van der Waals surface area contributed by atoms with Crippen LogP contribution >= 0.6 is 11.6 Å². The van der Waals surface area contributed by atoms with E-state index in [9.17, 15) is 0 Å². The lowest BCUT2D eigenvalue weighted by molar-refractivity contribution is 0.314. The summed E-state index contributed by atoms with van der Waals surface area (Å²) in [7, 11) is 0. The summed E-state index contributed by atoms with van der Waals surface area (Å²) in [5.74, 6) is 1.20. The third-order valence-corrected chi connectivity index (χ3v) is 2.59. The van der Waals surface area contributed by atoms with Gasteiger partial charge in [0.05, 0.1) is 5.02 Å². The van der Waals surface area contributed by atoms with E-state index in [0.29, 0.717) is 16.7 Å². The van der Waals surface area contributed by atoms with Gasteiger partial charge in [0.15, 0.2) is 0 Å². The molecule has 0 saturated heterocycles. The van der Waals surface area contributed by atoms with E-state index in [4.69, 9.17) is 16.1 Å². The summed E-state index contributed by atoms with van der Waals surface area (Å²) in [4.78, 5) is 4.36. The number of rotatable bonds is 2. The molecule has 0 saturated carbocycles. The minimum Gasteiger partial charge on any atom is -0.339 e. The first-order chi connectivity index (χ1) is 7.96. The van der Waals surface area contributed by atoms with Gasteiger partial charge in [-0.15, -0.1) is 0 Å². The quantitative estimate of drug-likeness (QED) is 0.809. The fourth-order valence-corrected chi connectivity index (χ4v) is 1.75. The van der Waals surface area contributed by atoms with Crippen molar-refractivity contribution in [2.24, 2.45) is 5.41 Å². The SMILES string of the molecule is CC(C)(C)Cc1nc(-c2ccccc2Cl)no1. The Hall–Kier alpha value is -1.35. The Morgan fingerprint density at radius 3 is 2.59 bits per heavy atom. The molecular formula is C13H15ClN2O. The largest absolute Gasteiger partial charge is 0.339 e. The predicted octanol–water partition coefficient (Wildman–Crippen LogP) is 3.98. The van der Waals surface area contributed by atoms with Crippen molar-refractivity contribution in [1.82, 2.24) is 10.1 Å². The topological polar surface area (TPSA) is 38.9 Å². The van der Waals surface area contributed by atoms with E-state index in [-0.39, 0.29) is 5.41 Å². The second-order valence-corrected chi connectivity index (χ2v) is 5.64. The van der Waals surface area contributed by atoms with Crippen LogP contribution in [-0.2, 0) is 6.42 Å². The van der Waals surface area contributed by atoms with Crippen molar-refractivity contribution in [1.29, 1.82) is 0 Å². The molecule has 2 aromatic rings. The minimum atomic E-state index is 0.129. The molecule has 0 aliphatic heterocycles. The second kappa shape index (κ2) is 4.49. The van der Waals surface area contributed by atoms with Crippen molar-refractivity contribution in [2.75, 3.05) is 0 Å². The molecule has 2 rings (SSSR count). The van der Waals surface area contributed by atoms with Crippen LogP contribution in [0.5, 0.6) is 0 Å². The molecule has 17 heavy (non-hydrogen) atoms. The smallest absolute Gasteiger partial charge is 0.227 e. The summed E-state index contributed by atoms with van der Waals surface area (Å²) in [6.07, 6.45) is 0.754. The van der Waals surface area contributed by atoms with Gasteiger partial charge in [0.2, 0.25) is 11.7 Å². The van der Waals surface area contributed by atoms with E-state index in [1.54, 1.807) is 0 Å². The fourth-order valence-electron chi connectivity index (χ4n) is 1.53. The van der Waals surface area contributed by atoms with Crippen LogP contribution in [0.2, 0.25) is 5.02 Å². The maximum Gasteiger partial charge on any atom is 0.227 e. The fraction of sp³-hybridized carbons (Fsp3) is 0.385. The van der Waals surface area contributed by atoms with Crippen LogP contribution in [0.15, 0.2) is 28.8 Å². The van der Waals surface area contributed by atoms with Crippen molar-refractivity contribution in [3.05, 3.63) is 35.2 Å². The average molecular weight is 251 g/mol. The van der Waals surface area contributed by atoms with Gasteiger partial charge in [0.1, 0.15) is 0 Å². The number of hydrogen-bond donors (Lipinski definition) is 0. The van der Waals surface area contributed by atoms with E-state index in [1.165, 1.54) is 0 Å². The lowest BCUT2D eigenvalue weighted by Gasteiger charge is -2.13. The molecule has 1 aromatic heterocycles. The zero-order chi connectivity index (χ0) is 12.5. The van der Waals surface area contributed by atoms with Crippen molar-refractivity contribution in [3.63, 3.8) is 0 Å². The van der Waals surface area contributed by atoms with Crippen molar-refractivity contribution >= 4 is 11.6 Å². The lowest BCUT2D eigenvalue weighted by Crippen LogP contribution is -2.09. The van der Waals surface area contributed by atoms with Gasteiger partial charge in [-0.05, 0) is 17.5 Å². The van der Waals surface area contributed by atoms with E-state index in [1.807, 2.05) is 24.3 Å². The third kappa shape index (κ3) is 3.07. The van der Waals surface area contributed by atoms with Crippen LogP contribution in [0.4, 0.5) is 0 Å². The number of halogens is 1. The summed E-state index contributed by atoms with van der Waals surface area (Å²) in [5.41, 5.74) is 0.933. The van der Waals surface area contributed by atoms with Gasteiger partial charge in [-0.1, -0.05) is 49.7 Å². The highest BCUT2D eigenvalue weighted by Crippen LogP contribution is 2.26. The van der Waals surface area contributed by atoms with Gasteiger partial charge in [0, 0.05) is 12.0 Å². The summed E-state index contributed by atoms with van der Waals surface area (Å²) in [6.45, 7) is 6.39. The van der Waals surface area contributed by atoms with E-state index >= 15 is 0 Å². The van der Waals surface area contributed by atoms with E-state index in [0.717, 1.165) is 12.0 Å². The van der Waals surface area contributed by atoms with Gasteiger partial charge in [-0.2, -0.15) is 4.98 Å². The van der Waals surface area contributed by atoms with Crippen molar-refractivity contribution < 1.29 is 4.52 Å². The summed E-state index contributed by atoms with van der Waals surface area (Å²) < 4.78 is 5.23. The predicted molar refractivity (Wildman–Crippen MR) is 67.9 cm³/mol. The van der Waals surface area contributed by atoms with Crippen LogP contribution in [0.3, 0.4) is 0 Å². The molecule has 0 spiro atoms. The first kappa shape index (κ1) is 12.1. The molecule has 0 aliphatic carbocycles. The van der Waals surface area contributed by atoms with Crippen LogP contribution in [0.25, 0.3) is 11.4 Å². The number of aromatic nitrogens is 2. The Labute approximate surface area is 106 Å². The standard InChI is InChI=1S/C13H15ClN2O/c1-13(2,3)8-11-15-12(16-17-11)9-6-4-5-7-10(9)14/h4-7H,8H2,1-3H3. The monoisotopic (exact) mass is 250 g/mol. The zero-order valence-corrected chi connectivity index (χ0v) is 11.0. The van der Waals surface area contributed by atoms with Gasteiger partial charge >= 0.3 is 0 Å². The molecule has 0 atom stereocenters. The molecule has 0 unspecified atom stereocenters. The Morgan fingerprint density at radius 2 is 1.94 bits per heavy atom. The average Bonchev–Trinajstić information content (AvgIpc) is 2.64. The Kier molecular flexibility index (Phi) is 3.20. The highest BCUT2D eigenvalue weighted by Gasteiger charge is 2.17. The van der Waals surface area contributed by atoms with Crippen LogP contribution in [0, 0.1) is 5.41 Å². The molecule has 0 amide bonds. The Bertz CT molecular complexity index is 514. The minimum absolute atomic E-state index is 0.129. The second-order valence-electron chi connectivity index (χ2n) is 5.23. The molecule has 0 fully saturated rings. The van der Waals surface area contributed by atoms with Gasteiger partial charge in [-0.3, -0.25) is 0 Å². The summed E-state index contributed by atoms with van der Waals surface area (Å²) in [5, 5.41) is 4.60.